The third kappa shape index (κ3) is 8.50. The Morgan fingerprint density at radius 1 is 0.839 bits per heavy atom. The summed E-state index contributed by atoms with van der Waals surface area (Å²) in [6.07, 6.45) is -0.0316. The van der Waals surface area contributed by atoms with Gasteiger partial charge in [0.1, 0.15) is 18.7 Å². The van der Waals surface area contributed by atoms with Gasteiger partial charge >= 0.3 is 12.1 Å². The summed E-state index contributed by atoms with van der Waals surface area (Å²) in [5.74, 6) is -0.829. The van der Waals surface area contributed by atoms with Crippen molar-refractivity contribution in [3.8, 4) is 0 Å². The van der Waals surface area contributed by atoms with E-state index in [2.05, 4.69) is 10.6 Å². The minimum absolute atomic E-state index is 0.0878. The molecule has 0 aliphatic carbocycles. The van der Waals surface area contributed by atoms with E-state index in [1.165, 1.54) is 7.11 Å². The molecule has 0 unspecified atom stereocenters. The van der Waals surface area contributed by atoms with Crippen molar-refractivity contribution >= 4 is 18.0 Å². The molecule has 0 radical (unpaired) electrons. The lowest BCUT2D eigenvalue weighted by Gasteiger charge is -2.23. The Bertz CT molecular complexity index is 840. The van der Waals surface area contributed by atoms with Gasteiger partial charge in [-0.05, 0) is 23.5 Å². The van der Waals surface area contributed by atoms with Gasteiger partial charge in [-0.1, -0.05) is 74.5 Å². The van der Waals surface area contributed by atoms with Crippen LogP contribution in [0.5, 0.6) is 0 Å². The molecule has 2 aromatic rings. The van der Waals surface area contributed by atoms with Crippen LogP contribution in [0.4, 0.5) is 4.79 Å². The second kappa shape index (κ2) is 12.4. The van der Waals surface area contributed by atoms with Crippen molar-refractivity contribution in [3.05, 3.63) is 71.8 Å². The van der Waals surface area contributed by atoms with Crippen LogP contribution in [-0.2, 0) is 32.1 Å². The zero-order valence-electron chi connectivity index (χ0n) is 18.2. The van der Waals surface area contributed by atoms with E-state index in [4.69, 9.17) is 9.47 Å². The van der Waals surface area contributed by atoms with Crippen LogP contribution < -0.4 is 10.6 Å². The van der Waals surface area contributed by atoms with E-state index in [9.17, 15) is 14.4 Å². The first-order valence-corrected chi connectivity index (χ1v) is 10.3. The number of rotatable bonds is 10. The van der Waals surface area contributed by atoms with Gasteiger partial charge in [0, 0.05) is 6.42 Å². The zero-order chi connectivity index (χ0) is 22.6. The summed E-state index contributed by atoms with van der Waals surface area (Å²) < 4.78 is 10.1. The SMILES string of the molecule is COC(=O)[C@H](CC(C)C)NC(=O)[C@@H](Cc1ccccc1)NC(=O)OCc1ccccc1. The number of hydrogen-bond donors (Lipinski definition) is 2. The molecule has 0 aliphatic rings. The molecular weight excluding hydrogens is 396 g/mol. The largest absolute Gasteiger partial charge is 0.467 e. The number of methoxy groups -OCH3 is 1. The molecule has 0 aromatic heterocycles. The second-order valence-electron chi connectivity index (χ2n) is 7.66. The third-order valence-electron chi connectivity index (χ3n) is 4.61. The first kappa shape index (κ1) is 23.9. The van der Waals surface area contributed by atoms with Crippen molar-refractivity contribution in [2.45, 2.75) is 45.4 Å². The molecule has 0 saturated heterocycles. The fraction of sp³-hybridized carbons (Fsp3) is 0.375. The van der Waals surface area contributed by atoms with Crippen LogP contribution in [0.1, 0.15) is 31.4 Å². The molecule has 0 heterocycles. The molecule has 2 amide bonds. The lowest BCUT2D eigenvalue weighted by molar-refractivity contribution is -0.145. The molecule has 2 rings (SSSR count). The Morgan fingerprint density at radius 3 is 1.97 bits per heavy atom. The summed E-state index contributed by atoms with van der Waals surface area (Å²) in [7, 11) is 1.28. The highest BCUT2D eigenvalue weighted by Crippen LogP contribution is 2.09. The van der Waals surface area contributed by atoms with Gasteiger partial charge in [0.2, 0.25) is 5.91 Å². The smallest absolute Gasteiger partial charge is 0.408 e. The molecule has 2 aromatic carbocycles. The minimum Gasteiger partial charge on any atom is -0.467 e. The lowest BCUT2D eigenvalue weighted by Crippen LogP contribution is -2.53. The molecule has 0 bridgehead atoms. The van der Waals surface area contributed by atoms with Crippen molar-refractivity contribution in [3.63, 3.8) is 0 Å². The summed E-state index contributed by atoms with van der Waals surface area (Å²) in [6, 6.07) is 16.9. The molecule has 2 N–H and O–H groups in total. The highest BCUT2D eigenvalue weighted by atomic mass is 16.5. The van der Waals surface area contributed by atoms with Crippen molar-refractivity contribution in [1.29, 1.82) is 0 Å². The Kier molecular flexibility index (Phi) is 9.55. The van der Waals surface area contributed by atoms with Gasteiger partial charge in [-0.25, -0.2) is 9.59 Å². The van der Waals surface area contributed by atoms with Crippen molar-refractivity contribution in [1.82, 2.24) is 10.6 Å². The number of hydrogen-bond acceptors (Lipinski definition) is 5. The summed E-state index contributed by atoms with van der Waals surface area (Å²) >= 11 is 0. The quantitative estimate of drug-likeness (QED) is 0.569. The van der Waals surface area contributed by atoms with Crippen LogP contribution in [0, 0.1) is 5.92 Å². The summed E-state index contributed by atoms with van der Waals surface area (Å²) in [5, 5.41) is 5.34. The van der Waals surface area contributed by atoms with Gasteiger partial charge in [-0.15, -0.1) is 0 Å². The zero-order valence-corrected chi connectivity index (χ0v) is 18.2. The number of amides is 2. The first-order valence-electron chi connectivity index (χ1n) is 10.3. The van der Waals surface area contributed by atoms with Crippen molar-refractivity contribution < 1.29 is 23.9 Å². The molecule has 0 fully saturated rings. The average molecular weight is 427 g/mol. The van der Waals surface area contributed by atoms with E-state index in [1.807, 2.05) is 74.5 Å². The van der Waals surface area contributed by atoms with Crippen LogP contribution in [-0.4, -0.2) is 37.2 Å². The maximum absolute atomic E-state index is 13.0. The molecule has 2 atom stereocenters. The molecular formula is C24H30N2O5. The predicted octanol–water partition coefficient (Wildman–Crippen LogP) is 3.23. The van der Waals surface area contributed by atoms with Crippen molar-refractivity contribution in [2.75, 3.05) is 7.11 Å². The van der Waals surface area contributed by atoms with E-state index in [0.717, 1.165) is 11.1 Å². The van der Waals surface area contributed by atoms with Crippen LogP contribution in [0.25, 0.3) is 0 Å². The van der Waals surface area contributed by atoms with Gasteiger partial charge in [0.05, 0.1) is 7.11 Å². The minimum atomic E-state index is -0.912. The molecule has 7 heteroatoms. The van der Waals surface area contributed by atoms with E-state index < -0.39 is 30.1 Å². The third-order valence-corrected chi connectivity index (χ3v) is 4.61. The summed E-state index contributed by atoms with van der Waals surface area (Å²) in [4.78, 5) is 37.4. The Hall–Kier alpha value is -3.35. The molecule has 0 saturated carbocycles. The van der Waals surface area contributed by atoms with Gasteiger partial charge in [-0.2, -0.15) is 0 Å². The van der Waals surface area contributed by atoms with E-state index in [0.29, 0.717) is 6.42 Å². The maximum atomic E-state index is 13.0. The normalized spacial score (nSPS) is 12.5. The number of ether oxygens (including phenoxy) is 2. The van der Waals surface area contributed by atoms with Gasteiger partial charge in [-0.3, -0.25) is 4.79 Å². The van der Waals surface area contributed by atoms with Crippen LogP contribution >= 0.6 is 0 Å². The molecule has 0 spiro atoms. The lowest BCUT2D eigenvalue weighted by atomic mass is 10.0. The standard InChI is InChI=1S/C24H30N2O5/c1-17(2)14-21(23(28)30-3)25-22(27)20(15-18-10-6-4-7-11-18)26-24(29)31-16-19-12-8-5-9-13-19/h4-13,17,20-21H,14-16H2,1-3H3,(H,25,27)(H,26,29)/t20-,21+/m1/s1. The highest BCUT2D eigenvalue weighted by Gasteiger charge is 2.28. The van der Waals surface area contributed by atoms with E-state index in [1.54, 1.807) is 0 Å². The number of benzene rings is 2. The molecule has 0 aliphatic heterocycles. The molecule has 31 heavy (non-hydrogen) atoms. The Balaban J connectivity index is 2.08. The second-order valence-corrected chi connectivity index (χ2v) is 7.66. The average Bonchev–Trinajstić information content (AvgIpc) is 2.77. The summed E-state index contributed by atoms with van der Waals surface area (Å²) in [5.41, 5.74) is 1.70. The number of esters is 1. The number of carbonyl (C=O) groups is 3. The number of nitrogens with one attached hydrogen (secondary N) is 2. The van der Waals surface area contributed by atoms with Gasteiger partial charge in [0.25, 0.3) is 0 Å². The van der Waals surface area contributed by atoms with E-state index >= 15 is 0 Å². The molecule has 7 nitrogen and oxygen atoms in total. The van der Waals surface area contributed by atoms with Crippen molar-refractivity contribution in [2.24, 2.45) is 5.92 Å². The fourth-order valence-corrected chi connectivity index (χ4v) is 3.07. The number of carbonyl (C=O) groups excluding carboxylic acids is 3. The van der Waals surface area contributed by atoms with E-state index in [-0.39, 0.29) is 18.9 Å². The fourth-order valence-electron chi connectivity index (χ4n) is 3.07. The highest BCUT2D eigenvalue weighted by molar-refractivity contribution is 5.89. The monoisotopic (exact) mass is 426 g/mol. The predicted molar refractivity (Wildman–Crippen MR) is 117 cm³/mol. The van der Waals surface area contributed by atoms with Gasteiger partial charge in [0.15, 0.2) is 0 Å². The Morgan fingerprint density at radius 2 is 1.42 bits per heavy atom. The Labute approximate surface area is 183 Å². The van der Waals surface area contributed by atoms with Gasteiger partial charge < -0.3 is 20.1 Å². The van der Waals surface area contributed by atoms with Crippen LogP contribution in [0.15, 0.2) is 60.7 Å². The summed E-state index contributed by atoms with van der Waals surface area (Å²) in [6.45, 7) is 3.98. The number of alkyl carbamates (subject to hydrolysis) is 1. The van der Waals surface area contributed by atoms with Crippen LogP contribution in [0.3, 0.4) is 0 Å². The van der Waals surface area contributed by atoms with Crippen LogP contribution in [0.2, 0.25) is 0 Å². The first-order chi connectivity index (χ1) is 14.9. The maximum Gasteiger partial charge on any atom is 0.408 e. The molecule has 166 valence electrons. The topological polar surface area (TPSA) is 93.7 Å².